The molecule has 562 valence electrons. The van der Waals surface area contributed by atoms with E-state index in [0.29, 0.717) is 59.5 Å². The maximum Gasteiger partial charge on any atom is 0.139 e. The molecule has 6 heteroatoms. The number of ether oxygens (including phenoxy) is 2. The Morgan fingerprint density at radius 1 is 0.296 bits per heavy atom. The topological polar surface area (TPSA) is 59.1 Å². The highest BCUT2D eigenvalue weighted by atomic mass is 16.5. The molecule has 0 saturated heterocycles. The number of ketones is 2. The van der Waals surface area contributed by atoms with Crippen LogP contribution in [0.25, 0.3) is 0 Å². The van der Waals surface area contributed by atoms with Gasteiger partial charge in [-0.25, -0.2) is 0 Å². The van der Waals surface area contributed by atoms with Crippen LogP contribution in [0.1, 0.15) is 401 Å². The van der Waals surface area contributed by atoms with E-state index in [4.69, 9.17) is 9.47 Å². The first-order valence-corrected chi connectivity index (χ1v) is 46.0. The van der Waals surface area contributed by atoms with E-state index < -0.39 is 0 Å². The van der Waals surface area contributed by atoms with Crippen LogP contribution >= 0.6 is 0 Å². The van der Waals surface area contributed by atoms with Crippen molar-refractivity contribution in [3.8, 4) is 0 Å². The van der Waals surface area contributed by atoms with Crippen molar-refractivity contribution >= 4 is 11.6 Å². The lowest BCUT2D eigenvalue weighted by Crippen LogP contribution is -2.67. The highest BCUT2D eigenvalue weighted by molar-refractivity contribution is 5.84. The van der Waals surface area contributed by atoms with Crippen molar-refractivity contribution in [2.45, 2.75) is 450 Å². The third kappa shape index (κ3) is 19.7. The predicted octanol–water partition coefficient (Wildman–Crippen LogP) is 24.9. The number of Topliss-reactive ketones (excluding diaryl/α,β-unsaturated/α-hetero) is 2. The Hall–Kier alpha value is -0.820. The second-order valence-corrected chi connectivity index (χ2v) is 38.5. The Balaban J connectivity index is 0.844. The summed E-state index contributed by atoms with van der Waals surface area (Å²) in [6.45, 7) is 16.5. The van der Waals surface area contributed by atoms with Crippen LogP contribution in [0, 0.1) is 107 Å². The van der Waals surface area contributed by atoms with E-state index >= 15 is 0 Å². The van der Waals surface area contributed by atoms with Crippen LogP contribution in [0.3, 0.4) is 0 Å². The second-order valence-electron chi connectivity index (χ2n) is 38.5. The van der Waals surface area contributed by atoms with E-state index in [2.05, 4.69) is 51.3 Å². The van der Waals surface area contributed by atoms with E-state index in [1.54, 1.807) is 0 Å². The van der Waals surface area contributed by atoms with Gasteiger partial charge in [0.2, 0.25) is 0 Å². The molecule has 0 aromatic heterocycles. The summed E-state index contributed by atoms with van der Waals surface area (Å²) in [6.07, 6.45) is 76.2. The minimum Gasteiger partial charge on any atom is -0.378 e. The Morgan fingerprint density at radius 2 is 0.592 bits per heavy atom. The lowest BCUT2D eigenvalue weighted by molar-refractivity contribution is -0.191. The molecule has 0 aromatic carbocycles. The summed E-state index contributed by atoms with van der Waals surface area (Å²) in [5.74, 6) is 14.6. The van der Waals surface area contributed by atoms with Gasteiger partial charge in [-0.1, -0.05) is 144 Å². The van der Waals surface area contributed by atoms with Gasteiger partial charge in [-0.15, -0.1) is 0 Å². The molecule has 12 saturated carbocycles. The molecule has 10 unspecified atom stereocenters. The third-order valence-corrected chi connectivity index (χ3v) is 32.6. The van der Waals surface area contributed by atoms with Gasteiger partial charge in [0.05, 0.1) is 12.2 Å². The van der Waals surface area contributed by atoms with Crippen molar-refractivity contribution in [1.29, 1.82) is 0 Å². The van der Waals surface area contributed by atoms with Crippen LogP contribution < -0.4 is 0 Å². The Bertz CT molecular complexity index is 2080. The summed E-state index contributed by atoms with van der Waals surface area (Å²) in [5.41, 5.74) is 0. The van der Waals surface area contributed by atoms with Gasteiger partial charge in [-0.3, -0.25) is 19.4 Å². The van der Waals surface area contributed by atoms with Gasteiger partial charge in [0.25, 0.3) is 0 Å². The summed E-state index contributed by atoms with van der Waals surface area (Å²) < 4.78 is 13.8. The molecular weight excluding hydrogens is 1200 g/mol. The van der Waals surface area contributed by atoms with E-state index in [0.717, 1.165) is 120 Å². The van der Waals surface area contributed by atoms with Gasteiger partial charge in [-0.05, 0) is 340 Å². The van der Waals surface area contributed by atoms with E-state index in [1.807, 2.05) is 0 Å². The summed E-state index contributed by atoms with van der Waals surface area (Å²) in [4.78, 5) is 36.6. The van der Waals surface area contributed by atoms with Gasteiger partial charge in [0.1, 0.15) is 11.6 Å². The number of hydrogen-bond acceptors (Lipinski definition) is 6. The maximum atomic E-state index is 14.8. The molecule has 0 N–H and O–H groups in total. The highest BCUT2D eigenvalue weighted by Crippen LogP contribution is 2.67. The fraction of sp³-hybridized carbons (Fsp3) is 0.978. The Labute approximate surface area is 606 Å². The zero-order valence-corrected chi connectivity index (χ0v) is 65.6. The lowest BCUT2D eigenvalue weighted by Gasteiger charge is -2.68. The first-order valence-electron chi connectivity index (χ1n) is 46.0. The molecule has 6 nitrogen and oxygen atoms in total. The SMILES string of the molecule is CCCCCCCCOC1CCC(N(C2CCC(C)CC2)C2CC(C3CCC(C(=O)C4CCC(CCCC)CC4)CC3)C3CCC4C5C(CCC2C35)C(C2CCC(C(=O)C3CCC(CCCC)CC3)CC2)CC4N(C2CCC(C)CC2)C2CCC(OCCCCCCCC)CC2)CC1. The van der Waals surface area contributed by atoms with Gasteiger partial charge in [0, 0.05) is 73.1 Å². The lowest BCUT2D eigenvalue weighted by atomic mass is 9.41. The van der Waals surface area contributed by atoms with Crippen LogP contribution in [0.2, 0.25) is 0 Å². The fourth-order valence-electron chi connectivity index (χ4n) is 27.1. The largest absolute Gasteiger partial charge is 0.378 e. The van der Waals surface area contributed by atoms with Crippen LogP contribution in [0.4, 0.5) is 0 Å². The standard InChI is InChI=1S/C92H160N2O4/c1-7-11-15-17-19-21-61-97-79-53-49-77(50-54-79)93(75-45-25-65(5)26-46-75)87-63-85(69-37-41-73(42-38-69)91(95)71-33-29-67(30-34-71)23-13-9-3)81-58-60-84-88(94(76-47-27-66(6)28-48-76)78-51-55-80(56-52-78)98-62-22-20-18-16-12-8-2)64-86(82-57-59-83(87)89(81)90(82)84)70-39-43-74(44-40-70)92(96)72-35-31-68(32-36-72)24-14-10-4/h65-90H,7-64H2,1-6H3. The quantitative estimate of drug-likeness (QED) is 0.0599. The zero-order valence-electron chi connectivity index (χ0n) is 65.6. The highest BCUT2D eigenvalue weighted by Gasteiger charge is 2.64. The molecular formula is C92H160N2O4. The fourth-order valence-corrected chi connectivity index (χ4v) is 27.1. The minimum atomic E-state index is 0.330. The monoisotopic (exact) mass is 1360 g/mol. The maximum absolute atomic E-state index is 14.8. The molecule has 0 radical (unpaired) electrons. The van der Waals surface area contributed by atoms with Crippen molar-refractivity contribution in [1.82, 2.24) is 9.80 Å². The summed E-state index contributed by atoms with van der Waals surface area (Å²) in [7, 11) is 0. The normalized spacial score (nSPS) is 41.8. The molecule has 0 amide bonds. The van der Waals surface area contributed by atoms with Crippen molar-refractivity contribution in [3.05, 3.63) is 0 Å². The van der Waals surface area contributed by atoms with Gasteiger partial charge in [-0.2, -0.15) is 0 Å². The molecule has 0 bridgehead atoms. The molecule has 0 heterocycles. The molecule has 0 aliphatic heterocycles. The van der Waals surface area contributed by atoms with E-state index in [-0.39, 0.29) is 0 Å². The first kappa shape index (κ1) is 76.8. The number of hydrogen-bond donors (Lipinski definition) is 0. The Kier molecular flexibility index (Phi) is 30.7. The van der Waals surface area contributed by atoms with Crippen LogP contribution in [-0.2, 0) is 19.1 Å². The third-order valence-electron chi connectivity index (χ3n) is 32.6. The molecule has 98 heavy (non-hydrogen) atoms. The molecule has 12 fully saturated rings. The Morgan fingerprint density at radius 3 is 0.929 bits per heavy atom. The molecule has 12 rings (SSSR count). The van der Waals surface area contributed by atoms with Crippen molar-refractivity contribution < 1.29 is 19.1 Å². The van der Waals surface area contributed by atoms with Gasteiger partial charge >= 0.3 is 0 Å². The average molecular weight is 1360 g/mol. The average Bonchev–Trinajstić information content (AvgIpc) is 0.705. The molecule has 10 atom stereocenters. The number of carbonyl (C=O) groups excluding carboxylic acids is 2. The van der Waals surface area contributed by atoms with E-state index in [9.17, 15) is 9.59 Å². The van der Waals surface area contributed by atoms with Crippen molar-refractivity contribution in [2.24, 2.45) is 107 Å². The van der Waals surface area contributed by atoms with E-state index in [1.165, 1.54) is 360 Å². The predicted molar refractivity (Wildman–Crippen MR) is 411 cm³/mol. The molecule has 0 aromatic rings. The number of rotatable bonds is 34. The summed E-state index contributed by atoms with van der Waals surface area (Å²) in [6, 6.07) is 4.35. The second kappa shape index (κ2) is 39.2. The van der Waals surface area contributed by atoms with Crippen molar-refractivity contribution in [2.75, 3.05) is 13.2 Å². The smallest absolute Gasteiger partial charge is 0.139 e. The molecule has 12 aliphatic rings. The number of unbranched alkanes of at least 4 members (excludes halogenated alkanes) is 12. The molecule has 12 aliphatic carbocycles. The van der Waals surface area contributed by atoms with Crippen LogP contribution in [-0.4, -0.2) is 83.0 Å². The number of carbonyl (C=O) groups is 2. The van der Waals surface area contributed by atoms with Gasteiger partial charge < -0.3 is 9.47 Å². The van der Waals surface area contributed by atoms with Crippen molar-refractivity contribution in [3.63, 3.8) is 0 Å². The summed E-state index contributed by atoms with van der Waals surface area (Å²) in [5, 5.41) is 0. The number of nitrogens with zero attached hydrogens (tertiary/aromatic N) is 2. The molecule has 0 spiro atoms. The van der Waals surface area contributed by atoms with Crippen LogP contribution in [0.15, 0.2) is 0 Å². The minimum absolute atomic E-state index is 0.330. The first-order chi connectivity index (χ1) is 48.1. The van der Waals surface area contributed by atoms with Crippen LogP contribution in [0.5, 0.6) is 0 Å². The van der Waals surface area contributed by atoms with Gasteiger partial charge in [0.15, 0.2) is 0 Å². The zero-order chi connectivity index (χ0) is 67.7. The summed E-state index contributed by atoms with van der Waals surface area (Å²) >= 11 is 0.